The number of ether oxygens (including phenoxy) is 2. The van der Waals surface area contributed by atoms with Gasteiger partial charge in [-0.25, -0.2) is 22.5 Å². The van der Waals surface area contributed by atoms with E-state index in [-0.39, 0.29) is 40.1 Å². The van der Waals surface area contributed by atoms with Crippen LogP contribution >= 0.6 is 0 Å². The summed E-state index contributed by atoms with van der Waals surface area (Å²) in [6.07, 6.45) is 8.25. The molecule has 4 aliphatic heterocycles. The molecule has 17 nitrogen and oxygen atoms in total. The third-order valence-electron chi connectivity index (χ3n) is 16.9. The second kappa shape index (κ2) is 19.4. The zero-order valence-corrected chi connectivity index (χ0v) is 42.6. The number of anilines is 5. The number of aliphatic hydroxyl groups is 1. The molecule has 4 N–H and O–H groups in total. The number of halogens is 1. The van der Waals surface area contributed by atoms with Crippen LogP contribution in [-0.2, 0) is 19.5 Å². The van der Waals surface area contributed by atoms with Crippen molar-refractivity contribution < 1.29 is 37.1 Å². The van der Waals surface area contributed by atoms with Gasteiger partial charge in [-0.2, -0.15) is 0 Å². The van der Waals surface area contributed by atoms with Crippen molar-refractivity contribution in [3.05, 3.63) is 106 Å². The van der Waals surface area contributed by atoms with Gasteiger partial charge in [-0.15, -0.1) is 0 Å². The number of morpholine rings is 2. The molecule has 0 unspecified atom stereocenters. The summed E-state index contributed by atoms with van der Waals surface area (Å²) >= 11 is 0. The molecule has 6 aliphatic rings. The molecular formula is C54H66FN9O8S. The van der Waals surface area contributed by atoms with Gasteiger partial charge in [0.25, 0.3) is 21.6 Å². The number of rotatable bonds is 12. The van der Waals surface area contributed by atoms with Crippen molar-refractivity contribution in [1.29, 1.82) is 0 Å². The second-order valence-corrected chi connectivity index (χ2v) is 23.6. The minimum Gasteiger partial charge on any atom is -0.390 e. The molecule has 1 spiro atoms. The number of carbonyl (C=O) groups is 1. The van der Waals surface area contributed by atoms with Gasteiger partial charge in [0.1, 0.15) is 17.2 Å². The molecule has 388 valence electrons. The van der Waals surface area contributed by atoms with E-state index in [1.165, 1.54) is 29.5 Å². The van der Waals surface area contributed by atoms with Gasteiger partial charge < -0.3 is 39.6 Å². The molecule has 2 aromatic heterocycles. The number of nitro benzene ring substituents is 1. The Morgan fingerprint density at radius 2 is 1.71 bits per heavy atom. The number of piperidine rings is 1. The van der Waals surface area contributed by atoms with Crippen LogP contribution in [0.15, 0.2) is 77.8 Å². The lowest BCUT2D eigenvalue weighted by molar-refractivity contribution is -0.384. The molecule has 11 rings (SSSR count). The summed E-state index contributed by atoms with van der Waals surface area (Å²) in [5, 5.41) is 26.2. The number of sulfonamides is 1. The maximum atomic E-state index is 15.3. The first-order valence-electron chi connectivity index (χ1n) is 26.0. The maximum absolute atomic E-state index is 15.3. The average Bonchev–Trinajstić information content (AvgIpc) is 3.75. The Bertz CT molecular complexity index is 3010. The van der Waals surface area contributed by atoms with Crippen molar-refractivity contribution in [2.24, 2.45) is 11.3 Å². The number of aromatic amines is 1. The highest BCUT2D eigenvalue weighted by Gasteiger charge is 2.50. The van der Waals surface area contributed by atoms with E-state index in [2.05, 4.69) is 67.8 Å². The molecule has 3 saturated heterocycles. The number of benzene rings is 3. The van der Waals surface area contributed by atoms with Gasteiger partial charge in [-0.3, -0.25) is 19.8 Å². The number of hydrogen-bond donors (Lipinski definition) is 4. The van der Waals surface area contributed by atoms with Crippen LogP contribution < -0.4 is 24.7 Å². The lowest BCUT2D eigenvalue weighted by atomic mass is 9.59. The van der Waals surface area contributed by atoms with Crippen LogP contribution in [0.2, 0.25) is 0 Å². The Hall–Kier alpha value is -5.86. The van der Waals surface area contributed by atoms with E-state index >= 15 is 4.39 Å². The third kappa shape index (κ3) is 9.62. The zero-order chi connectivity index (χ0) is 50.8. The highest BCUT2D eigenvalue weighted by molar-refractivity contribution is 7.90. The summed E-state index contributed by atoms with van der Waals surface area (Å²) in [6.45, 7) is 12.4. The fourth-order valence-electron chi connectivity index (χ4n) is 12.6. The van der Waals surface area contributed by atoms with Crippen molar-refractivity contribution in [3.63, 3.8) is 0 Å². The van der Waals surface area contributed by atoms with E-state index < -0.39 is 42.9 Å². The number of nitrogens with one attached hydrogen (secondary N) is 3. The Morgan fingerprint density at radius 3 is 2.48 bits per heavy atom. The number of fused-ring (bicyclic) bond motifs is 4. The molecular weight excluding hydrogens is 954 g/mol. The highest BCUT2D eigenvalue weighted by Crippen LogP contribution is 2.54. The van der Waals surface area contributed by atoms with E-state index in [0.717, 1.165) is 76.5 Å². The molecule has 2 saturated carbocycles. The summed E-state index contributed by atoms with van der Waals surface area (Å²) < 4.78 is 57.9. The Kier molecular flexibility index (Phi) is 13.1. The van der Waals surface area contributed by atoms with Crippen LogP contribution in [0.3, 0.4) is 0 Å². The Morgan fingerprint density at radius 1 is 0.959 bits per heavy atom. The lowest BCUT2D eigenvalue weighted by Gasteiger charge is -2.57. The highest BCUT2D eigenvalue weighted by atomic mass is 32.2. The molecule has 0 radical (unpaired) electrons. The smallest absolute Gasteiger partial charge is 0.293 e. The van der Waals surface area contributed by atoms with Crippen molar-refractivity contribution in [1.82, 2.24) is 19.6 Å². The van der Waals surface area contributed by atoms with Gasteiger partial charge in [0.2, 0.25) is 0 Å². The number of nitrogens with zero attached hydrogens (tertiary/aromatic N) is 6. The lowest BCUT2D eigenvalue weighted by Crippen LogP contribution is -2.58. The van der Waals surface area contributed by atoms with E-state index in [1.54, 1.807) is 12.1 Å². The molecule has 2 atom stereocenters. The van der Waals surface area contributed by atoms with Gasteiger partial charge in [0.15, 0.2) is 5.82 Å². The van der Waals surface area contributed by atoms with Crippen LogP contribution in [-0.4, -0.2) is 123 Å². The average molecular weight is 1020 g/mol. The molecule has 5 aromatic rings. The number of H-pyrrole nitrogens is 1. The minimum absolute atomic E-state index is 0.0479. The monoisotopic (exact) mass is 1020 g/mol. The van der Waals surface area contributed by atoms with E-state index in [0.29, 0.717) is 87.1 Å². The minimum atomic E-state index is -4.65. The van der Waals surface area contributed by atoms with E-state index in [9.17, 15) is 28.4 Å². The first kappa shape index (κ1) is 49.4. The SMILES string of the molecule is CC(C)c1ccccc1[C@@H]1COCCN1C1CC2(CCN(c3ccc(C(=O)NS(=O)(=O)c4ccc(NCC5CCC(C)(O)CC5)c([N+](=O)[O-])c4)c(N4C[C@H]5COCCN5c5nc6[nH]cc(F)c6cc54)c3)CC2)C1. The summed E-state index contributed by atoms with van der Waals surface area (Å²) in [5.41, 5.74) is 4.21. The van der Waals surface area contributed by atoms with Crippen molar-refractivity contribution in [2.45, 2.75) is 107 Å². The zero-order valence-electron chi connectivity index (χ0n) is 41.8. The standard InChI is InChI=1S/C54H66FN9O8S/c1-34(2)40-6-4-5-7-41(40)49-33-72-22-20-61(49)37-27-54(28-37)16-18-60(19-17-54)36-8-10-42(46(24-36)63-31-38-32-71-23-21-62(38)51-48(63)26-43-44(55)30-57-50(43)58-51)52(65)59-73(69,70)39-9-11-45(47(25-39)64(67)68)56-29-35-12-14-53(3,66)15-13-35/h4-11,24-26,30,34-35,37-38,49,56,66H,12-23,27-29,31-33H2,1-3H3,(H,57,58)(H,59,65)/t35?,38-,49-,53?/m0/s1. The summed E-state index contributed by atoms with van der Waals surface area (Å²) in [5.74, 6) is -0.219. The van der Waals surface area contributed by atoms with E-state index in [1.807, 2.05) is 24.0 Å². The molecule has 2 aliphatic carbocycles. The fraction of sp³-hybridized carbons (Fsp3) is 0.519. The number of hydrogen-bond acceptors (Lipinski definition) is 14. The number of pyridine rings is 1. The normalized spacial score (nSPS) is 24.6. The summed E-state index contributed by atoms with van der Waals surface area (Å²) in [7, 11) is -4.65. The topological polar surface area (TPSA) is 199 Å². The number of aromatic nitrogens is 2. The van der Waals surface area contributed by atoms with Crippen LogP contribution in [0.1, 0.15) is 106 Å². The predicted molar refractivity (Wildman–Crippen MR) is 278 cm³/mol. The first-order chi connectivity index (χ1) is 35.1. The number of amides is 1. The van der Waals surface area contributed by atoms with Crippen molar-refractivity contribution in [3.8, 4) is 0 Å². The van der Waals surface area contributed by atoms with Gasteiger partial charge >= 0.3 is 0 Å². The third-order valence-corrected chi connectivity index (χ3v) is 18.2. The second-order valence-electron chi connectivity index (χ2n) is 22.0. The summed E-state index contributed by atoms with van der Waals surface area (Å²) in [4.78, 5) is 42.9. The molecule has 19 heteroatoms. The molecule has 0 bridgehead atoms. The van der Waals surface area contributed by atoms with Crippen LogP contribution in [0.4, 0.5) is 38.6 Å². The van der Waals surface area contributed by atoms with Crippen LogP contribution in [0.5, 0.6) is 0 Å². The molecule has 6 heterocycles. The number of carbonyl (C=O) groups excluding carboxylic acids is 1. The molecule has 3 aromatic carbocycles. The van der Waals surface area contributed by atoms with Crippen molar-refractivity contribution >= 4 is 61.2 Å². The predicted octanol–water partition coefficient (Wildman–Crippen LogP) is 8.38. The van der Waals surface area contributed by atoms with Gasteiger partial charge in [0.05, 0.1) is 76.3 Å². The Balaban J connectivity index is 0.866. The molecule has 1 amide bonds. The van der Waals surface area contributed by atoms with Crippen molar-refractivity contribution in [2.75, 3.05) is 85.7 Å². The summed E-state index contributed by atoms with van der Waals surface area (Å²) in [6, 6.07) is 20.0. The fourth-order valence-corrected chi connectivity index (χ4v) is 13.6. The first-order valence-corrected chi connectivity index (χ1v) is 27.5. The largest absolute Gasteiger partial charge is 0.390 e. The number of nitro groups is 1. The van der Waals surface area contributed by atoms with E-state index in [4.69, 9.17) is 14.5 Å². The quantitative estimate of drug-likeness (QED) is 0.0686. The van der Waals surface area contributed by atoms with Gasteiger partial charge in [-0.1, -0.05) is 38.1 Å². The maximum Gasteiger partial charge on any atom is 0.293 e. The molecule has 73 heavy (non-hydrogen) atoms. The van der Waals surface area contributed by atoms with Gasteiger partial charge in [-0.05, 0) is 123 Å². The Labute approximate surface area is 425 Å². The van der Waals surface area contributed by atoms with Crippen LogP contribution in [0.25, 0.3) is 11.0 Å². The van der Waals surface area contributed by atoms with Crippen LogP contribution in [0, 0.1) is 27.3 Å². The van der Waals surface area contributed by atoms with Gasteiger partial charge in [0, 0.05) is 63.3 Å². The molecule has 5 fully saturated rings.